The number of carbonyl (C=O) groups excluding carboxylic acids is 4. The third-order valence-electron chi connectivity index (χ3n) is 18.5. The molecule has 0 aromatic heterocycles. The largest absolute Gasteiger partial charge is 0.472 e. The maximum Gasteiger partial charge on any atom is 0.472 e. The lowest BCUT2D eigenvalue weighted by molar-refractivity contribution is -0.161. The van der Waals surface area contributed by atoms with Crippen LogP contribution < -0.4 is 0 Å². The first-order chi connectivity index (χ1) is 47.4. The second-order valence-electron chi connectivity index (χ2n) is 29.4. The molecule has 0 fully saturated rings. The number of phosphoric ester groups is 2. The number of unbranched alkanes of at least 4 members (excludes halogenated alkanes) is 48. The zero-order valence-corrected chi connectivity index (χ0v) is 65.9. The van der Waals surface area contributed by atoms with Crippen molar-refractivity contribution in [3.8, 4) is 0 Å². The summed E-state index contributed by atoms with van der Waals surface area (Å²) in [4.78, 5) is 72.9. The third kappa shape index (κ3) is 72.4. The Labute approximate surface area is 600 Å². The molecule has 0 saturated carbocycles. The number of rotatable bonds is 78. The zero-order valence-electron chi connectivity index (χ0n) is 64.1. The molecule has 0 aliphatic carbocycles. The first kappa shape index (κ1) is 96.1. The van der Waals surface area contributed by atoms with E-state index in [0.29, 0.717) is 25.7 Å². The standard InChI is InChI=1S/C79H154O17P2/c1-7-9-11-13-15-17-19-30-37-43-49-55-61-76(81)89-67-74(95-78(83)63-57-51-45-39-31-20-18-16-14-12-10-8-2)69-93-97(85,86)91-65-73(80)66-92-98(87,88)94-70-75(68-90-77(82)62-56-50-44-38-34-33-36-42-48-54-60-72(5)6)96-79(84)64-58-52-46-40-32-28-26-24-22-21-23-25-27-29-35-41-47-53-59-71(3)4/h71-75,80H,7-70H2,1-6H3,(H,85,86)(H,87,88)/t73-,74+,75+/m0/s1. The molecule has 3 N–H and O–H groups in total. The predicted octanol–water partition coefficient (Wildman–Crippen LogP) is 23.5. The van der Waals surface area contributed by atoms with Gasteiger partial charge in [0.1, 0.15) is 19.3 Å². The minimum Gasteiger partial charge on any atom is -0.462 e. The van der Waals surface area contributed by atoms with Crippen LogP contribution in [0, 0.1) is 11.8 Å². The van der Waals surface area contributed by atoms with Crippen molar-refractivity contribution in [3.63, 3.8) is 0 Å². The summed E-state index contributed by atoms with van der Waals surface area (Å²) in [5.41, 5.74) is 0. The molecule has 0 aromatic carbocycles. The highest BCUT2D eigenvalue weighted by Gasteiger charge is 2.30. The lowest BCUT2D eigenvalue weighted by atomic mass is 10.0. The molecule has 0 heterocycles. The number of phosphoric acid groups is 2. The van der Waals surface area contributed by atoms with Crippen LogP contribution in [0.25, 0.3) is 0 Å². The second kappa shape index (κ2) is 70.7. The van der Waals surface area contributed by atoms with E-state index in [0.717, 1.165) is 102 Å². The summed E-state index contributed by atoms with van der Waals surface area (Å²) in [6.07, 6.45) is 59.6. The fourth-order valence-corrected chi connectivity index (χ4v) is 13.8. The Morgan fingerprint density at radius 1 is 0.276 bits per heavy atom. The lowest BCUT2D eigenvalue weighted by Gasteiger charge is -2.21. The average molecular weight is 1440 g/mol. The van der Waals surface area contributed by atoms with E-state index in [2.05, 4.69) is 41.5 Å². The molecule has 0 aromatic rings. The Bertz CT molecular complexity index is 1890. The van der Waals surface area contributed by atoms with Gasteiger partial charge in [-0.3, -0.25) is 37.3 Å². The number of aliphatic hydroxyl groups is 1. The molecule has 2 unspecified atom stereocenters. The van der Waals surface area contributed by atoms with Gasteiger partial charge in [0.15, 0.2) is 12.2 Å². The molecule has 0 amide bonds. The summed E-state index contributed by atoms with van der Waals surface area (Å²) < 4.78 is 68.6. The van der Waals surface area contributed by atoms with Gasteiger partial charge in [-0.2, -0.15) is 0 Å². The second-order valence-corrected chi connectivity index (χ2v) is 32.3. The van der Waals surface area contributed by atoms with Gasteiger partial charge in [0, 0.05) is 25.7 Å². The normalized spacial score (nSPS) is 13.9. The van der Waals surface area contributed by atoms with Crippen LogP contribution in [-0.2, 0) is 65.4 Å². The Morgan fingerprint density at radius 2 is 0.469 bits per heavy atom. The summed E-state index contributed by atoms with van der Waals surface area (Å²) in [6, 6.07) is 0. The highest BCUT2D eigenvalue weighted by molar-refractivity contribution is 7.47. The maximum absolute atomic E-state index is 13.1. The van der Waals surface area contributed by atoms with Crippen molar-refractivity contribution in [1.29, 1.82) is 0 Å². The number of hydrogen-bond donors (Lipinski definition) is 3. The van der Waals surface area contributed by atoms with Crippen LogP contribution in [0.3, 0.4) is 0 Å². The van der Waals surface area contributed by atoms with E-state index in [1.165, 1.54) is 231 Å². The van der Waals surface area contributed by atoms with Gasteiger partial charge in [-0.15, -0.1) is 0 Å². The number of hydrogen-bond acceptors (Lipinski definition) is 15. The molecular weight excluding hydrogens is 1280 g/mol. The van der Waals surface area contributed by atoms with Gasteiger partial charge in [0.2, 0.25) is 0 Å². The van der Waals surface area contributed by atoms with Crippen LogP contribution in [0.5, 0.6) is 0 Å². The van der Waals surface area contributed by atoms with E-state index >= 15 is 0 Å². The lowest BCUT2D eigenvalue weighted by Crippen LogP contribution is -2.30. The average Bonchev–Trinajstić information content (AvgIpc) is 1.18. The number of ether oxygens (including phenoxy) is 4. The topological polar surface area (TPSA) is 237 Å². The minimum absolute atomic E-state index is 0.108. The fourth-order valence-electron chi connectivity index (χ4n) is 12.2. The van der Waals surface area contributed by atoms with Gasteiger partial charge in [-0.05, 0) is 37.5 Å². The van der Waals surface area contributed by atoms with E-state index in [1.807, 2.05) is 0 Å². The van der Waals surface area contributed by atoms with E-state index in [1.54, 1.807) is 0 Å². The molecule has 0 saturated heterocycles. The van der Waals surface area contributed by atoms with E-state index in [-0.39, 0.29) is 25.7 Å². The quantitative estimate of drug-likeness (QED) is 0.0222. The zero-order chi connectivity index (χ0) is 72.1. The monoisotopic (exact) mass is 1440 g/mol. The van der Waals surface area contributed by atoms with Crippen LogP contribution in [0.1, 0.15) is 414 Å². The smallest absolute Gasteiger partial charge is 0.462 e. The molecule has 19 heteroatoms. The summed E-state index contributed by atoms with van der Waals surface area (Å²) in [5.74, 6) is -0.531. The molecule has 0 bridgehead atoms. The van der Waals surface area contributed by atoms with Gasteiger partial charge >= 0.3 is 39.5 Å². The molecule has 17 nitrogen and oxygen atoms in total. The van der Waals surface area contributed by atoms with Crippen LogP contribution in [0.15, 0.2) is 0 Å². The number of aliphatic hydroxyl groups excluding tert-OH is 1. The van der Waals surface area contributed by atoms with Crippen molar-refractivity contribution in [1.82, 2.24) is 0 Å². The molecule has 0 aliphatic rings. The van der Waals surface area contributed by atoms with Crippen molar-refractivity contribution >= 4 is 39.5 Å². The van der Waals surface area contributed by atoms with Gasteiger partial charge in [0.25, 0.3) is 0 Å². The summed E-state index contributed by atoms with van der Waals surface area (Å²) >= 11 is 0. The fraction of sp³-hybridized carbons (Fsp3) is 0.949. The van der Waals surface area contributed by atoms with Crippen LogP contribution >= 0.6 is 15.6 Å². The van der Waals surface area contributed by atoms with Crippen LogP contribution in [-0.4, -0.2) is 96.7 Å². The van der Waals surface area contributed by atoms with Crippen molar-refractivity contribution in [2.45, 2.75) is 432 Å². The van der Waals surface area contributed by atoms with E-state index < -0.39 is 97.5 Å². The SMILES string of the molecule is CCCCCCCCCCCCCCC(=O)OC[C@H](COP(=O)(O)OC[C@H](O)COP(=O)(O)OC[C@@H](COC(=O)CCCCCCCCCCCCC(C)C)OC(=O)CCCCCCCCCCCCCCCCCCCCC(C)C)OC(=O)CCCCCCCCCCCCCC. The number of carbonyl (C=O) groups is 4. The van der Waals surface area contributed by atoms with Crippen molar-refractivity contribution in [2.75, 3.05) is 39.6 Å². The molecule has 0 aliphatic heterocycles. The van der Waals surface area contributed by atoms with E-state index in [9.17, 15) is 43.2 Å². The predicted molar refractivity (Wildman–Crippen MR) is 400 cm³/mol. The van der Waals surface area contributed by atoms with Crippen LogP contribution in [0.4, 0.5) is 0 Å². The first-order valence-electron chi connectivity index (χ1n) is 41.0. The minimum atomic E-state index is -4.96. The maximum atomic E-state index is 13.1. The van der Waals surface area contributed by atoms with Gasteiger partial charge in [-0.25, -0.2) is 9.13 Å². The van der Waals surface area contributed by atoms with Gasteiger partial charge in [0.05, 0.1) is 26.4 Å². The molecular formula is C79H154O17P2. The Morgan fingerprint density at radius 3 is 0.694 bits per heavy atom. The number of esters is 4. The summed E-state index contributed by atoms with van der Waals surface area (Å²) in [5, 5.41) is 10.6. The van der Waals surface area contributed by atoms with Crippen molar-refractivity contribution in [2.24, 2.45) is 11.8 Å². The van der Waals surface area contributed by atoms with E-state index in [4.69, 9.17) is 37.0 Å². The molecule has 0 spiro atoms. The highest BCUT2D eigenvalue weighted by Crippen LogP contribution is 2.45. The van der Waals surface area contributed by atoms with Gasteiger partial charge < -0.3 is 33.8 Å². The Hall–Kier alpha value is -1.94. The first-order valence-corrected chi connectivity index (χ1v) is 44.0. The molecule has 98 heavy (non-hydrogen) atoms. The molecule has 582 valence electrons. The molecule has 5 atom stereocenters. The van der Waals surface area contributed by atoms with Gasteiger partial charge in [-0.1, -0.05) is 363 Å². The summed E-state index contributed by atoms with van der Waals surface area (Å²) in [6.45, 7) is 9.65. The third-order valence-corrected chi connectivity index (χ3v) is 20.4. The highest BCUT2D eigenvalue weighted by atomic mass is 31.2. The van der Waals surface area contributed by atoms with Crippen molar-refractivity contribution < 1.29 is 80.2 Å². The molecule has 0 radical (unpaired) electrons. The van der Waals surface area contributed by atoms with Crippen molar-refractivity contribution in [3.05, 3.63) is 0 Å². The Balaban J connectivity index is 5.21. The van der Waals surface area contributed by atoms with Crippen LogP contribution in [0.2, 0.25) is 0 Å². The Kier molecular flexibility index (Phi) is 69.3. The summed E-state index contributed by atoms with van der Waals surface area (Å²) in [7, 11) is -9.91. The molecule has 0 rings (SSSR count).